The fraction of sp³-hybridized carbons (Fsp3) is 1.00. The van der Waals surface area contributed by atoms with Gasteiger partial charge in [-0.1, -0.05) is 0 Å². The first-order valence-corrected chi connectivity index (χ1v) is 4.62. The van der Waals surface area contributed by atoms with Gasteiger partial charge in [-0.15, -0.1) is 0 Å². The van der Waals surface area contributed by atoms with Gasteiger partial charge in [0.1, 0.15) is 0 Å². The Labute approximate surface area is 68.8 Å². The van der Waals surface area contributed by atoms with Gasteiger partial charge in [0, 0.05) is 0 Å². The predicted octanol–water partition coefficient (Wildman–Crippen LogP) is 1.13. The van der Waals surface area contributed by atoms with Crippen molar-refractivity contribution in [1.29, 1.82) is 0 Å². The Hall–Kier alpha value is -0.0800. The van der Waals surface area contributed by atoms with Gasteiger partial charge < -0.3 is 10.8 Å². The molecule has 0 aromatic heterocycles. The van der Waals surface area contributed by atoms with E-state index in [-0.39, 0.29) is 6.10 Å². The second-order valence-corrected chi connectivity index (χ2v) is 3.76. The van der Waals surface area contributed by atoms with Crippen LogP contribution < -0.4 is 5.73 Å². The van der Waals surface area contributed by atoms with Crippen LogP contribution in [-0.4, -0.2) is 17.8 Å². The number of aliphatic hydroxyl groups is 1. The molecule has 1 aliphatic carbocycles. The zero-order valence-electron chi connectivity index (χ0n) is 7.29. The van der Waals surface area contributed by atoms with Gasteiger partial charge in [0.25, 0.3) is 0 Å². The molecule has 2 heteroatoms. The Morgan fingerprint density at radius 2 is 1.91 bits per heavy atom. The number of rotatable bonds is 2. The molecule has 1 fully saturated rings. The second kappa shape index (κ2) is 4.07. The molecule has 0 aliphatic heterocycles. The van der Waals surface area contributed by atoms with Crippen molar-refractivity contribution >= 4 is 0 Å². The summed E-state index contributed by atoms with van der Waals surface area (Å²) in [7, 11) is 0. The van der Waals surface area contributed by atoms with Crippen molar-refractivity contribution in [1.82, 2.24) is 0 Å². The van der Waals surface area contributed by atoms with Crippen LogP contribution in [0.15, 0.2) is 0 Å². The maximum absolute atomic E-state index is 9.30. The molecule has 0 radical (unpaired) electrons. The van der Waals surface area contributed by atoms with Crippen LogP contribution in [0.1, 0.15) is 32.6 Å². The second-order valence-electron chi connectivity index (χ2n) is 3.76. The summed E-state index contributed by atoms with van der Waals surface area (Å²) >= 11 is 0. The first kappa shape index (κ1) is 9.01. The van der Waals surface area contributed by atoms with Crippen molar-refractivity contribution in [2.75, 3.05) is 6.54 Å². The number of hydrogen-bond donors (Lipinski definition) is 2. The molecule has 11 heavy (non-hydrogen) atoms. The lowest BCUT2D eigenvalue weighted by Gasteiger charge is -2.29. The van der Waals surface area contributed by atoms with Crippen LogP contribution in [0.3, 0.4) is 0 Å². The van der Waals surface area contributed by atoms with Crippen molar-refractivity contribution in [3.8, 4) is 0 Å². The Bertz CT molecular complexity index is 106. The van der Waals surface area contributed by atoms with Crippen molar-refractivity contribution in [2.45, 2.75) is 38.7 Å². The molecule has 0 saturated heterocycles. The fourth-order valence-corrected chi connectivity index (χ4v) is 1.91. The molecule has 0 amide bonds. The van der Waals surface area contributed by atoms with E-state index in [0.29, 0.717) is 5.92 Å². The quantitative estimate of drug-likeness (QED) is 0.631. The maximum Gasteiger partial charge on any atom is 0.0540 e. The van der Waals surface area contributed by atoms with Crippen LogP contribution in [0.25, 0.3) is 0 Å². The fourth-order valence-electron chi connectivity index (χ4n) is 1.91. The third-order valence-corrected chi connectivity index (χ3v) is 2.91. The van der Waals surface area contributed by atoms with Gasteiger partial charge in [-0.3, -0.25) is 0 Å². The summed E-state index contributed by atoms with van der Waals surface area (Å²) < 4.78 is 0. The molecule has 0 aromatic carbocycles. The van der Waals surface area contributed by atoms with Crippen LogP contribution >= 0.6 is 0 Å². The molecule has 0 bridgehead atoms. The van der Waals surface area contributed by atoms with E-state index in [1.54, 1.807) is 0 Å². The van der Waals surface area contributed by atoms with Crippen molar-refractivity contribution in [2.24, 2.45) is 17.6 Å². The van der Waals surface area contributed by atoms with E-state index in [1.165, 1.54) is 25.7 Å². The van der Waals surface area contributed by atoms with Gasteiger partial charge in [0.2, 0.25) is 0 Å². The lowest BCUT2D eigenvalue weighted by molar-refractivity contribution is 0.0896. The average molecular weight is 157 g/mol. The van der Waals surface area contributed by atoms with E-state index >= 15 is 0 Å². The minimum absolute atomic E-state index is 0.117. The minimum Gasteiger partial charge on any atom is -0.393 e. The van der Waals surface area contributed by atoms with Gasteiger partial charge in [-0.25, -0.2) is 0 Å². The molecule has 1 rings (SSSR count). The number of nitrogens with two attached hydrogens (primary N) is 1. The van der Waals surface area contributed by atoms with Gasteiger partial charge in [-0.05, 0) is 51.0 Å². The van der Waals surface area contributed by atoms with Gasteiger partial charge in [0.05, 0.1) is 6.10 Å². The van der Waals surface area contributed by atoms with Crippen LogP contribution in [0.2, 0.25) is 0 Å². The zero-order valence-corrected chi connectivity index (χ0v) is 7.29. The Balaban J connectivity index is 2.24. The average Bonchev–Trinajstić information content (AvgIpc) is 2.05. The summed E-state index contributed by atoms with van der Waals surface area (Å²) in [5.74, 6) is 1.27. The van der Waals surface area contributed by atoms with Gasteiger partial charge in [0.15, 0.2) is 0 Å². The first-order chi connectivity index (χ1) is 5.24. The van der Waals surface area contributed by atoms with E-state index < -0.39 is 0 Å². The smallest absolute Gasteiger partial charge is 0.0540 e. The molecule has 0 unspecified atom stereocenters. The summed E-state index contributed by atoms with van der Waals surface area (Å²) in [6.07, 6.45) is 4.64. The number of aliphatic hydroxyl groups excluding tert-OH is 1. The molecule has 0 heterocycles. The lowest BCUT2D eigenvalue weighted by Crippen LogP contribution is -2.26. The minimum atomic E-state index is -0.117. The predicted molar refractivity (Wildman–Crippen MR) is 46.2 cm³/mol. The molecule has 1 aliphatic rings. The van der Waals surface area contributed by atoms with E-state index in [9.17, 15) is 5.11 Å². The highest BCUT2D eigenvalue weighted by atomic mass is 16.3. The van der Waals surface area contributed by atoms with Crippen molar-refractivity contribution < 1.29 is 5.11 Å². The van der Waals surface area contributed by atoms with E-state index in [1.807, 2.05) is 6.92 Å². The molecule has 0 spiro atoms. The molecular weight excluding hydrogens is 138 g/mol. The lowest BCUT2D eigenvalue weighted by atomic mass is 9.80. The zero-order chi connectivity index (χ0) is 8.27. The topological polar surface area (TPSA) is 46.2 Å². The summed E-state index contributed by atoms with van der Waals surface area (Å²) in [5, 5.41) is 9.30. The van der Waals surface area contributed by atoms with E-state index in [0.717, 1.165) is 12.5 Å². The van der Waals surface area contributed by atoms with Crippen LogP contribution in [0, 0.1) is 11.8 Å². The van der Waals surface area contributed by atoms with Crippen molar-refractivity contribution in [3.05, 3.63) is 0 Å². The van der Waals surface area contributed by atoms with E-state index in [2.05, 4.69) is 0 Å². The molecular formula is C9H19NO. The van der Waals surface area contributed by atoms with E-state index in [4.69, 9.17) is 5.73 Å². The van der Waals surface area contributed by atoms with Gasteiger partial charge in [-0.2, -0.15) is 0 Å². The number of hydrogen-bond acceptors (Lipinski definition) is 2. The van der Waals surface area contributed by atoms with Crippen molar-refractivity contribution in [3.63, 3.8) is 0 Å². The normalized spacial score (nSPS) is 35.2. The van der Waals surface area contributed by atoms with Gasteiger partial charge >= 0.3 is 0 Å². The Morgan fingerprint density at radius 3 is 2.27 bits per heavy atom. The summed E-state index contributed by atoms with van der Waals surface area (Å²) in [6.45, 7) is 2.72. The molecule has 3 N–H and O–H groups in total. The molecule has 1 saturated carbocycles. The highest BCUT2D eigenvalue weighted by Gasteiger charge is 2.22. The standard InChI is InChI=1S/C9H19NO/c1-7(11)9-4-2-8(6-10)3-5-9/h7-9,11H,2-6,10H2,1H3/t7-,8?,9?/m1/s1. The maximum atomic E-state index is 9.30. The molecule has 0 aromatic rings. The largest absolute Gasteiger partial charge is 0.393 e. The highest BCUT2D eigenvalue weighted by molar-refractivity contribution is 4.75. The Kier molecular flexibility index (Phi) is 3.34. The van der Waals surface area contributed by atoms with Crippen LogP contribution in [0.4, 0.5) is 0 Å². The monoisotopic (exact) mass is 157 g/mol. The Morgan fingerprint density at radius 1 is 1.36 bits per heavy atom. The molecule has 1 atom stereocenters. The van der Waals surface area contributed by atoms with Crippen LogP contribution in [-0.2, 0) is 0 Å². The molecule has 66 valence electrons. The summed E-state index contributed by atoms with van der Waals surface area (Å²) in [6, 6.07) is 0. The summed E-state index contributed by atoms with van der Waals surface area (Å²) in [5.41, 5.74) is 5.56. The highest BCUT2D eigenvalue weighted by Crippen LogP contribution is 2.29. The summed E-state index contributed by atoms with van der Waals surface area (Å²) in [4.78, 5) is 0. The first-order valence-electron chi connectivity index (χ1n) is 4.62. The third kappa shape index (κ3) is 2.46. The van der Waals surface area contributed by atoms with Crippen LogP contribution in [0.5, 0.6) is 0 Å². The third-order valence-electron chi connectivity index (χ3n) is 2.91. The SMILES string of the molecule is C[C@@H](O)C1CCC(CN)CC1. The molecule has 2 nitrogen and oxygen atoms in total.